The van der Waals surface area contributed by atoms with Crippen molar-refractivity contribution in [3.63, 3.8) is 0 Å². The zero-order chi connectivity index (χ0) is 11.5. The van der Waals surface area contributed by atoms with Crippen molar-refractivity contribution >= 4 is 33.0 Å². The second kappa shape index (κ2) is 9.59. The molecule has 0 fully saturated rings. The van der Waals surface area contributed by atoms with Gasteiger partial charge in [0.15, 0.2) is 0 Å². The van der Waals surface area contributed by atoms with Crippen LogP contribution in [0.2, 0.25) is 0 Å². The van der Waals surface area contributed by atoms with Crippen LogP contribution in [-0.4, -0.2) is 0 Å². The standard InChI is InChI=1S/C16H12P.2ClH.Zr/c1-3-7-13(8-4-1)15-11-12-16(17-15)14-9-5-2-6-10-14;;;/h1-12H;2*1H;/q-1;;;. The van der Waals surface area contributed by atoms with E-state index in [1.807, 2.05) is 0 Å². The Hall–Kier alpha value is -0.317. The molecule has 102 valence electrons. The molecule has 0 bridgehead atoms. The fourth-order valence-corrected chi connectivity index (χ4v) is 3.02. The molecule has 4 heteroatoms. The van der Waals surface area contributed by atoms with Gasteiger partial charge in [-0.3, -0.25) is 0 Å². The molecule has 0 radical (unpaired) electrons. The Morgan fingerprint density at radius 3 is 1.85 bits per heavy atom. The van der Waals surface area contributed by atoms with Crippen LogP contribution >= 0.6 is 33.0 Å². The number of hydrogen-bond donors (Lipinski definition) is 0. The van der Waals surface area contributed by atoms with Gasteiger partial charge in [0, 0.05) is 26.2 Å². The van der Waals surface area contributed by atoms with Crippen LogP contribution in [-0.2, 0) is 26.2 Å². The summed E-state index contributed by atoms with van der Waals surface area (Å²) in [6.45, 7) is 0. The van der Waals surface area contributed by atoms with Crippen LogP contribution in [0, 0.1) is 0 Å². The zero-order valence-corrected chi connectivity index (χ0v) is 15.7. The van der Waals surface area contributed by atoms with Gasteiger partial charge in [0.05, 0.1) is 0 Å². The Morgan fingerprint density at radius 1 is 0.700 bits per heavy atom. The van der Waals surface area contributed by atoms with E-state index in [1.165, 1.54) is 29.9 Å². The minimum absolute atomic E-state index is 0. The molecule has 0 nitrogen and oxygen atoms in total. The van der Waals surface area contributed by atoms with E-state index in [0.29, 0.717) is 0 Å². The minimum atomic E-state index is 0. The smallest absolute Gasteiger partial charge is 0 e. The summed E-state index contributed by atoms with van der Waals surface area (Å²) in [5, 5.41) is 2.76. The van der Waals surface area contributed by atoms with Gasteiger partial charge in [-0.05, 0) is 0 Å². The summed E-state index contributed by atoms with van der Waals surface area (Å²) in [5.74, 6) is 0. The molecule has 0 saturated heterocycles. The predicted octanol–water partition coefficient (Wildman–Crippen LogP) is 6.16. The molecule has 2 aromatic carbocycles. The summed E-state index contributed by atoms with van der Waals surface area (Å²) < 4.78 is 0. The normalized spacial score (nSPS) is 9.20. The van der Waals surface area contributed by atoms with E-state index in [0.717, 1.165) is 0 Å². The quantitative estimate of drug-likeness (QED) is 0.453. The van der Waals surface area contributed by atoms with Gasteiger partial charge in [-0.15, -0.1) is 54.6 Å². The number of hydrogen-bond acceptors (Lipinski definition) is 0. The molecule has 0 aliphatic carbocycles. The third kappa shape index (κ3) is 4.61. The number of rotatable bonds is 2. The molecule has 3 aromatic rings. The fraction of sp³-hybridized carbons (Fsp3) is 0. The largest absolute Gasteiger partial charge is 0.152 e. The summed E-state index contributed by atoms with van der Waals surface area (Å²) in [6, 6.07) is 25.6. The van der Waals surface area contributed by atoms with Gasteiger partial charge in [-0.25, -0.2) is 0 Å². The maximum Gasteiger partial charge on any atom is 0 e. The van der Waals surface area contributed by atoms with Crippen molar-refractivity contribution in [2.75, 3.05) is 0 Å². The molecule has 20 heavy (non-hydrogen) atoms. The van der Waals surface area contributed by atoms with Crippen molar-refractivity contribution < 1.29 is 26.2 Å². The summed E-state index contributed by atoms with van der Waals surface area (Å²) >= 11 is 0. The fourth-order valence-electron chi connectivity index (χ4n) is 1.90. The number of benzene rings is 2. The van der Waals surface area contributed by atoms with Gasteiger partial charge >= 0.3 is 0 Å². The van der Waals surface area contributed by atoms with Crippen molar-refractivity contribution in [2.45, 2.75) is 0 Å². The topological polar surface area (TPSA) is 0 Å². The molecular formula is C16H14Cl2PZr-. The molecule has 0 N–H and O–H groups in total. The first-order valence-corrected chi connectivity index (χ1v) is 6.57. The molecule has 0 saturated carbocycles. The monoisotopic (exact) mass is 397 g/mol. The van der Waals surface area contributed by atoms with Gasteiger partial charge < -0.3 is 0 Å². The molecule has 0 unspecified atom stereocenters. The summed E-state index contributed by atoms with van der Waals surface area (Å²) in [6.07, 6.45) is 0. The first kappa shape index (κ1) is 19.7. The third-order valence-corrected chi connectivity index (χ3v) is 4.08. The molecule has 3 rings (SSSR count). The van der Waals surface area contributed by atoms with Crippen LogP contribution in [0.15, 0.2) is 72.8 Å². The maximum absolute atomic E-state index is 2.22. The van der Waals surface area contributed by atoms with Gasteiger partial charge in [0.1, 0.15) is 0 Å². The first-order chi connectivity index (χ1) is 8.43. The van der Waals surface area contributed by atoms with E-state index in [9.17, 15) is 0 Å². The van der Waals surface area contributed by atoms with Crippen LogP contribution in [0.25, 0.3) is 21.7 Å². The summed E-state index contributed by atoms with van der Waals surface area (Å²) in [7, 11) is 1.30. The van der Waals surface area contributed by atoms with E-state index in [2.05, 4.69) is 72.8 Å². The Bertz CT molecular complexity index is 555. The predicted molar refractivity (Wildman–Crippen MR) is 89.9 cm³/mol. The Kier molecular flexibility index (Phi) is 9.44. The van der Waals surface area contributed by atoms with Gasteiger partial charge in [0.25, 0.3) is 0 Å². The van der Waals surface area contributed by atoms with E-state index >= 15 is 0 Å². The number of halogens is 2. The Morgan fingerprint density at radius 2 is 1.25 bits per heavy atom. The SMILES string of the molecule is Cl.Cl.[Zr].c1ccc(-c2cc[c-](-c3ccccc3)p2)cc1. The second-order valence-electron chi connectivity index (χ2n) is 3.95. The van der Waals surface area contributed by atoms with Crippen molar-refractivity contribution in [3.8, 4) is 21.7 Å². The van der Waals surface area contributed by atoms with E-state index < -0.39 is 0 Å². The van der Waals surface area contributed by atoms with Crippen LogP contribution in [0.3, 0.4) is 0 Å². The molecule has 0 atom stereocenters. The van der Waals surface area contributed by atoms with Crippen molar-refractivity contribution in [1.82, 2.24) is 0 Å². The Balaban J connectivity index is 0.00000120. The maximum atomic E-state index is 2.22. The summed E-state index contributed by atoms with van der Waals surface area (Å²) in [5.41, 5.74) is 2.63. The van der Waals surface area contributed by atoms with Gasteiger partial charge in [0.2, 0.25) is 0 Å². The molecule has 0 spiro atoms. The van der Waals surface area contributed by atoms with Crippen LogP contribution in [0.4, 0.5) is 0 Å². The molecule has 0 aliphatic rings. The second-order valence-corrected chi connectivity index (χ2v) is 5.13. The average Bonchev–Trinajstić information content (AvgIpc) is 2.90. The first-order valence-electron chi connectivity index (χ1n) is 5.68. The minimum Gasteiger partial charge on any atom is -0.152 e. The van der Waals surface area contributed by atoms with Crippen LogP contribution < -0.4 is 0 Å². The van der Waals surface area contributed by atoms with E-state index in [1.54, 1.807) is 0 Å². The molecule has 1 heterocycles. The van der Waals surface area contributed by atoms with Crippen molar-refractivity contribution in [2.24, 2.45) is 0 Å². The van der Waals surface area contributed by atoms with Gasteiger partial charge in [-0.2, -0.15) is 8.19 Å². The van der Waals surface area contributed by atoms with Crippen LogP contribution in [0.5, 0.6) is 0 Å². The van der Waals surface area contributed by atoms with Gasteiger partial charge in [-0.1, -0.05) is 64.7 Å². The summed E-state index contributed by atoms with van der Waals surface area (Å²) in [4.78, 5) is 0. The zero-order valence-electron chi connectivity index (χ0n) is 10.7. The average molecular weight is 399 g/mol. The van der Waals surface area contributed by atoms with Crippen molar-refractivity contribution in [1.29, 1.82) is 0 Å². The third-order valence-electron chi connectivity index (χ3n) is 2.78. The van der Waals surface area contributed by atoms with Crippen LogP contribution in [0.1, 0.15) is 0 Å². The van der Waals surface area contributed by atoms with Crippen molar-refractivity contribution in [3.05, 3.63) is 72.8 Å². The Labute approximate surface area is 153 Å². The molecule has 1 aromatic heterocycles. The molecular weight excluding hydrogens is 385 g/mol. The molecule has 0 amide bonds. The molecule has 0 aliphatic heterocycles. The van der Waals surface area contributed by atoms with E-state index in [4.69, 9.17) is 0 Å². The van der Waals surface area contributed by atoms with E-state index in [-0.39, 0.29) is 51.0 Å².